The minimum absolute atomic E-state index is 0.0362. The summed E-state index contributed by atoms with van der Waals surface area (Å²) in [6, 6.07) is 0. The van der Waals surface area contributed by atoms with E-state index in [1.165, 1.54) is 0 Å². The predicted molar refractivity (Wildman–Crippen MR) is 72.1 cm³/mol. The first-order valence-electron chi connectivity index (χ1n) is 6.73. The number of rotatable bonds is 3. The predicted octanol–water partition coefficient (Wildman–Crippen LogP) is 0.538. The van der Waals surface area contributed by atoms with Gasteiger partial charge in [-0.3, -0.25) is 9.48 Å². The van der Waals surface area contributed by atoms with Crippen molar-refractivity contribution in [3.63, 3.8) is 0 Å². The van der Waals surface area contributed by atoms with Gasteiger partial charge in [0.2, 0.25) is 0 Å². The Morgan fingerprint density at radius 1 is 1.45 bits per heavy atom. The van der Waals surface area contributed by atoms with Crippen LogP contribution in [0.25, 0.3) is 0 Å². The van der Waals surface area contributed by atoms with Crippen LogP contribution in [0.5, 0.6) is 0 Å². The van der Waals surface area contributed by atoms with Gasteiger partial charge in [0.15, 0.2) is 5.82 Å². The smallest absolute Gasteiger partial charge is 0.257 e. The molecule has 1 amide bonds. The lowest BCUT2D eigenvalue weighted by Crippen LogP contribution is -2.28. The molecule has 1 aliphatic rings. The van der Waals surface area contributed by atoms with Gasteiger partial charge in [0.05, 0.1) is 18.3 Å². The summed E-state index contributed by atoms with van der Waals surface area (Å²) in [6.07, 6.45) is 3.70. The minimum Gasteiger partial charge on any atom is -0.334 e. The second-order valence-electron chi connectivity index (χ2n) is 5.22. The third-order valence-electron chi connectivity index (χ3n) is 3.88. The monoisotopic (exact) mass is 274 g/mol. The van der Waals surface area contributed by atoms with E-state index in [2.05, 4.69) is 19.9 Å². The van der Waals surface area contributed by atoms with Gasteiger partial charge < -0.3 is 9.47 Å². The van der Waals surface area contributed by atoms with E-state index >= 15 is 0 Å². The Bertz CT molecular complexity index is 656. The summed E-state index contributed by atoms with van der Waals surface area (Å²) in [5.41, 5.74) is 1.50. The van der Waals surface area contributed by atoms with Crippen LogP contribution in [0.3, 0.4) is 0 Å². The van der Waals surface area contributed by atoms with E-state index in [4.69, 9.17) is 0 Å². The van der Waals surface area contributed by atoms with Crippen molar-refractivity contribution in [3.05, 3.63) is 29.1 Å². The van der Waals surface area contributed by atoms with E-state index in [9.17, 15) is 4.79 Å². The van der Waals surface area contributed by atoms with Gasteiger partial charge in [0, 0.05) is 32.8 Å². The number of nitrogens with zero attached hydrogens (tertiary/aromatic N) is 6. The Morgan fingerprint density at radius 2 is 2.25 bits per heavy atom. The Morgan fingerprint density at radius 3 is 2.95 bits per heavy atom. The number of fused-ring (bicyclic) bond motifs is 1. The Labute approximate surface area is 117 Å². The SMILES string of the molecule is Cc1c(C(=O)N(C)Cc2nnc3n2CCC3)cnn1C. The molecule has 0 fully saturated rings. The fourth-order valence-electron chi connectivity index (χ4n) is 2.53. The van der Waals surface area contributed by atoms with Crippen molar-refractivity contribution >= 4 is 5.91 Å². The second-order valence-corrected chi connectivity index (χ2v) is 5.22. The Kier molecular flexibility index (Phi) is 3.04. The van der Waals surface area contributed by atoms with Crippen molar-refractivity contribution in [3.8, 4) is 0 Å². The zero-order valence-electron chi connectivity index (χ0n) is 12.0. The molecule has 2 aromatic rings. The Hall–Kier alpha value is -2.18. The van der Waals surface area contributed by atoms with Crippen LogP contribution in [0.1, 0.15) is 34.1 Å². The zero-order chi connectivity index (χ0) is 14.3. The molecule has 7 nitrogen and oxygen atoms in total. The fraction of sp³-hybridized carbons (Fsp3) is 0.538. The summed E-state index contributed by atoms with van der Waals surface area (Å²) in [5, 5.41) is 12.5. The minimum atomic E-state index is -0.0362. The molecule has 0 radical (unpaired) electrons. The maximum Gasteiger partial charge on any atom is 0.257 e. The molecule has 2 aromatic heterocycles. The molecule has 1 aliphatic heterocycles. The van der Waals surface area contributed by atoms with E-state index in [1.54, 1.807) is 22.8 Å². The normalized spacial score (nSPS) is 13.6. The average molecular weight is 274 g/mol. The van der Waals surface area contributed by atoms with Crippen LogP contribution in [0, 0.1) is 6.92 Å². The highest BCUT2D eigenvalue weighted by Gasteiger charge is 2.22. The van der Waals surface area contributed by atoms with E-state index in [0.29, 0.717) is 12.1 Å². The van der Waals surface area contributed by atoms with E-state index in [-0.39, 0.29) is 5.91 Å². The summed E-state index contributed by atoms with van der Waals surface area (Å²) < 4.78 is 3.82. The van der Waals surface area contributed by atoms with Crippen molar-refractivity contribution in [2.75, 3.05) is 7.05 Å². The highest BCUT2D eigenvalue weighted by Crippen LogP contribution is 2.16. The molecular weight excluding hydrogens is 256 g/mol. The molecule has 0 aliphatic carbocycles. The number of carbonyl (C=O) groups excluding carboxylic acids is 1. The number of hydrogen-bond donors (Lipinski definition) is 0. The molecular formula is C13H18N6O. The molecule has 0 aromatic carbocycles. The standard InChI is InChI=1S/C13H18N6O/c1-9-10(7-14-18(9)3)13(20)17(2)8-12-16-15-11-5-4-6-19(11)12/h7H,4-6,8H2,1-3H3. The Balaban J connectivity index is 1.77. The molecule has 3 rings (SSSR count). The highest BCUT2D eigenvalue weighted by molar-refractivity contribution is 5.94. The first kappa shape index (κ1) is 12.8. The molecule has 0 bridgehead atoms. The van der Waals surface area contributed by atoms with Crippen LogP contribution < -0.4 is 0 Å². The van der Waals surface area contributed by atoms with E-state index < -0.39 is 0 Å². The quantitative estimate of drug-likeness (QED) is 0.819. The van der Waals surface area contributed by atoms with Crippen LogP contribution in [0.4, 0.5) is 0 Å². The number of carbonyl (C=O) groups is 1. The molecule has 0 saturated carbocycles. The van der Waals surface area contributed by atoms with Crippen LogP contribution in [0.15, 0.2) is 6.20 Å². The lowest BCUT2D eigenvalue weighted by molar-refractivity contribution is 0.0779. The van der Waals surface area contributed by atoms with Crippen molar-refractivity contribution < 1.29 is 4.79 Å². The maximum atomic E-state index is 12.4. The first-order chi connectivity index (χ1) is 9.58. The second kappa shape index (κ2) is 4.73. The largest absolute Gasteiger partial charge is 0.334 e. The van der Waals surface area contributed by atoms with Gasteiger partial charge in [-0.1, -0.05) is 0 Å². The van der Waals surface area contributed by atoms with Crippen LogP contribution in [-0.2, 0) is 26.6 Å². The van der Waals surface area contributed by atoms with Crippen molar-refractivity contribution in [2.45, 2.75) is 32.9 Å². The summed E-state index contributed by atoms with van der Waals surface area (Å²) >= 11 is 0. The van der Waals surface area contributed by atoms with Crippen LogP contribution >= 0.6 is 0 Å². The average Bonchev–Trinajstić information content (AvgIpc) is 3.09. The first-order valence-corrected chi connectivity index (χ1v) is 6.73. The molecule has 0 N–H and O–H groups in total. The summed E-state index contributed by atoms with van der Waals surface area (Å²) in [4.78, 5) is 14.1. The van der Waals surface area contributed by atoms with Gasteiger partial charge in [-0.05, 0) is 13.3 Å². The topological polar surface area (TPSA) is 68.8 Å². The van der Waals surface area contributed by atoms with Crippen LogP contribution in [-0.4, -0.2) is 42.4 Å². The van der Waals surface area contributed by atoms with Crippen LogP contribution in [0.2, 0.25) is 0 Å². The highest BCUT2D eigenvalue weighted by atomic mass is 16.2. The molecule has 0 saturated heterocycles. The number of aromatic nitrogens is 5. The van der Waals surface area contributed by atoms with Gasteiger partial charge in [0.25, 0.3) is 5.91 Å². The van der Waals surface area contributed by atoms with E-state index in [1.807, 2.05) is 14.0 Å². The third-order valence-corrected chi connectivity index (χ3v) is 3.88. The number of amides is 1. The molecule has 7 heteroatoms. The maximum absolute atomic E-state index is 12.4. The van der Waals surface area contributed by atoms with Crippen molar-refractivity contribution in [2.24, 2.45) is 7.05 Å². The molecule has 0 unspecified atom stereocenters. The molecule has 20 heavy (non-hydrogen) atoms. The molecule has 0 spiro atoms. The van der Waals surface area contributed by atoms with Gasteiger partial charge in [-0.25, -0.2) is 0 Å². The summed E-state index contributed by atoms with van der Waals surface area (Å²) in [5.74, 6) is 1.85. The van der Waals surface area contributed by atoms with Gasteiger partial charge in [-0.15, -0.1) is 10.2 Å². The molecule has 3 heterocycles. The fourth-order valence-corrected chi connectivity index (χ4v) is 2.53. The van der Waals surface area contributed by atoms with Gasteiger partial charge in [0.1, 0.15) is 5.82 Å². The summed E-state index contributed by atoms with van der Waals surface area (Å²) in [7, 11) is 3.61. The van der Waals surface area contributed by atoms with Gasteiger partial charge >= 0.3 is 0 Å². The lowest BCUT2D eigenvalue weighted by Gasteiger charge is -2.16. The zero-order valence-corrected chi connectivity index (χ0v) is 12.0. The number of aryl methyl sites for hydroxylation is 2. The molecule has 106 valence electrons. The van der Waals surface area contributed by atoms with E-state index in [0.717, 1.165) is 36.7 Å². The summed E-state index contributed by atoms with van der Waals surface area (Å²) in [6.45, 7) is 3.31. The number of hydrogen-bond acceptors (Lipinski definition) is 4. The third kappa shape index (κ3) is 1.99. The van der Waals surface area contributed by atoms with Gasteiger partial charge in [-0.2, -0.15) is 5.10 Å². The molecule has 0 atom stereocenters. The van der Waals surface area contributed by atoms with Crippen molar-refractivity contribution in [1.82, 2.24) is 29.4 Å². The van der Waals surface area contributed by atoms with Crippen molar-refractivity contribution in [1.29, 1.82) is 0 Å². The lowest BCUT2D eigenvalue weighted by atomic mass is 10.2.